The highest BCUT2D eigenvalue weighted by Crippen LogP contribution is 2.28. The van der Waals surface area contributed by atoms with Crippen molar-refractivity contribution in [1.29, 1.82) is 0 Å². The number of carbonyl (C=O) groups excluding carboxylic acids is 2. The van der Waals surface area contributed by atoms with Gasteiger partial charge in [0.1, 0.15) is 12.6 Å². The summed E-state index contributed by atoms with van der Waals surface area (Å²) >= 11 is 0. The molecule has 0 fully saturated rings. The molecular weight excluding hydrogens is 286 g/mol. The molecule has 0 saturated heterocycles. The highest BCUT2D eigenvalue weighted by Gasteiger charge is 2.27. The van der Waals surface area contributed by atoms with E-state index in [-0.39, 0.29) is 24.9 Å². The number of hydrogen-bond acceptors (Lipinski definition) is 4. The number of hydrogen-bond donors (Lipinski definition) is 3. The first-order chi connectivity index (χ1) is 10.5. The first-order valence-corrected chi connectivity index (χ1v) is 7.18. The zero-order valence-electron chi connectivity index (χ0n) is 12.3. The van der Waals surface area contributed by atoms with Crippen LogP contribution in [-0.2, 0) is 14.4 Å². The molecule has 7 heteroatoms. The van der Waals surface area contributed by atoms with E-state index in [0.717, 1.165) is 0 Å². The normalized spacial score (nSPS) is 15.0. The second kappa shape index (κ2) is 7.04. The Bertz CT molecular complexity index is 588. The van der Waals surface area contributed by atoms with E-state index in [4.69, 9.17) is 5.11 Å². The van der Waals surface area contributed by atoms with Gasteiger partial charge < -0.3 is 10.4 Å². The molecule has 1 atom stereocenters. The number of aliphatic carboxylic acids is 1. The van der Waals surface area contributed by atoms with Crippen molar-refractivity contribution >= 4 is 29.2 Å². The molecule has 0 aliphatic carbocycles. The van der Waals surface area contributed by atoms with E-state index < -0.39 is 12.0 Å². The van der Waals surface area contributed by atoms with Crippen LogP contribution in [0.4, 0.5) is 11.4 Å². The van der Waals surface area contributed by atoms with E-state index in [1.807, 2.05) is 6.92 Å². The maximum Gasteiger partial charge on any atom is 0.320 e. The van der Waals surface area contributed by atoms with Gasteiger partial charge >= 0.3 is 5.97 Å². The molecule has 2 amide bonds. The van der Waals surface area contributed by atoms with Crippen LogP contribution >= 0.6 is 0 Å². The minimum atomic E-state index is -0.980. The van der Waals surface area contributed by atoms with Crippen LogP contribution in [0.3, 0.4) is 0 Å². The lowest BCUT2D eigenvalue weighted by Crippen LogP contribution is -2.48. The monoisotopic (exact) mass is 305 g/mol. The fourth-order valence-corrected chi connectivity index (χ4v) is 2.36. The van der Waals surface area contributed by atoms with E-state index in [0.29, 0.717) is 24.2 Å². The van der Waals surface area contributed by atoms with Crippen LogP contribution in [0.2, 0.25) is 0 Å². The van der Waals surface area contributed by atoms with Crippen LogP contribution in [-0.4, -0.2) is 42.0 Å². The van der Waals surface area contributed by atoms with Crippen LogP contribution < -0.4 is 15.5 Å². The Kier molecular flexibility index (Phi) is 5.11. The van der Waals surface area contributed by atoms with Crippen molar-refractivity contribution in [2.45, 2.75) is 25.8 Å². The number of carboxylic acid groups (broad SMARTS) is 1. The van der Waals surface area contributed by atoms with E-state index in [1.54, 1.807) is 24.3 Å². The molecule has 0 aromatic heterocycles. The Morgan fingerprint density at radius 1 is 1.41 bits per heavy atom. The van der Waals surface area contributed by atoms with Crippen molar-refractivity contribution < 1.29 is 19.5 Å². The number of para-hydroxylation sites is 2. The molecule has 1 aliphatic rings. The number of rotatable bonds is 6. The molecule has 1 unspecified atom stereocenters. The third-order valence-corrected chi connectivity index (χ3v) is 3.45. The summed E-state index contributed by atoms with van der Waals surface area (Å²) in [5.74, 6) is -1.58. The number of amides is 2. The second-order valence-electron chi connectivity index (χ2n) is 5.11. The summed E-state index contributed by atoms with van der Waals surface area (Å²) < 4.78 is 0. The number of carbonyl (C=O) groups is 3. The van der Waals surface area contributed by atoms with Crippen LogP contribution in [0.15, 0.2) is 24.3 Å². The van der Waals surface area contributed by atoms with Crippen molar-refractivity contribution in [3.05, 3.63) is 24.3 Å². The predicted octanol–water partition coefficient (Wildman–Crippen LogP) is 0.815. The Morgan fingerprint density at radius 2 is 2.14 bits per heavy atom. The van der Waals surface area contributed by atoms with Gasteiger partial charge in [-0.2, -0.15) is 0 Å². The molecule has 0 spiro atoms. The zero-order valence-corrected chi connectivity index (χ0v) is 12.3. The molecule has 2 rings (SSSR count). The Morgan fingerprint density at radius 3 is 2.82 bits per heavy atom. The van der Waals surface area contributed by atoms with Gasteiger partial charge in [0.25, 0.3) is 0 Å². The molecule has 0 bridgehead atoms. The summed E-state index contributed by atoms with van der Waals surface area (Å²) in [7, 11) is 0. The molecule has 3 N–H and O–H groups in total. The number of carboxylic acids is 1. The van der Waals surface area contributed by atoms with E-state index in [9.17, 15) is 14.4 Å². The number of nitrogens with one attached hydrogen (secondary N) is 2. The standard InChI is InChI=1S/C15H19N3O4/c1-2-5-11(15(21)22)16-8-14(20)18-9-13(19)17-10-6-3-4-7-12(10)18/h3-4,6-7,11,16H,2,5,8-9H2,1H3,(H,17,19)(H,21,22). The van der Waals surface area contributed by atoms with E-state index >= 15 is 0 Å². The lowest BCUT2D eigenvalue weighted by Gasteiger charge is -2.29. The van der Waals surface area contributed by atoms with Gasteiger partial charge in [0.15, 0.2) is 0 Å². The van der Waals surface area contributed by atoms with Gasteiger partial charge in [-0.3, -0.25) is 24.6 Å². The highest BCUT2D eigenvalue weighted by molar-refractivity contribution is 6.10. The number of anilines is 2. The molecule has 118 valence electrons. The van der Waals surface area contributed by atoms with Gasteiger partial charge in [-0.25, -0.2) is 0 Å². The predicted molar refractivity (Wildman–Crippen MR) is 81.8 cm³/mol. The first kappa shape index (κ1) is 16.0. The van der Waals surface area contributed by atoms with Crippen LogP contribution in [0.1, 0.15) is 19.8 Å². The van der Waals surface area contributed by atoms with E-state index in [1.165, 1.54) is 4.90 Å². The van der Waals surface area contributed by atoms with Gasteiger partial charge in [-0.1, -0.05) is 25.5 Å². The van der Waals surface area contributed by atoms with Gasteiger partial charge in [0, 0.05) is 0 Å². The Hall–Kier alpha value is -2.41. The third-order valence-electron chi connectivity index (χ3n) is 3.45. The lowest BCUT2D eigenvalue weighted by molar-refractivity contribution is -0.139. The molecule has 1 aromatic rings. The maximum atomic E-state index is 12.3. The molecule has 7 nitrogen and oxygen atoms in total. The van der Waals surface area contributed by atoms with Crippen LogP contribution in [0.25, 0.3) is 0 Å². The van der Waals surface area contributed by atoms with Gasteiger partial charge in [0.2, 0.25) is 11.8 Å². The summed E-state index contributed by atoms with van der Waals surface area (Å²) in [5.41, 5.74) is 1.20. The Labute approximate surface area is 128 Å². The van der Waals surface area contributed by atoms with Crippen molar-refractivity contribution in [2.24, 2.45) is 0 Å². The van der Waals surface area contributed by atoms with Crippen molar-refractivity contribution in [3.63, 3.8) is 0 Å². The summed E-state index contributed by atoms with van der Waals surface area (Å²) in [6.45, 7) is 1.69. The smallest absolute Gasteiger partial charge is 0.320 e. The molecule has 1 aliphatic heterocycles. The Balaban J connectivity index is 2.06. The molecule has 0 saturated carbocycles. The topological polar surface area (TPSA) is 98.7 Å². The minimum Gasteiger partial charge on any atom is -0.480 e. The number of fused-ring (bicyclic) bond motifs is 1. The van der Waals surface area contributed by atoms with Crippen LogP contribution in [0.5, 0.6) is 0 Å². The fraction of sp³-hybridized carbons (Fsp3) is 0.400. The van der Waals surface area contributed by atoms with Crippen molar-refractivity contribution in [1.82, 2.24) is 5.32 Å². The first-order valence-electron chi connectivity index (χ1n) is 7.18. The summed E-state index contributed by atoms with van der Waals surface area (Å²) in [6, 6.07) is 6.25. The van der Waals surface area contributed by atoms with Crippen molar-refractivity contribution in [3.8, 4) is 0 Å². The molecule has 1 heterocycles. The number of nitrogens with zero attached hydrogens (tertiary/aromatic N) is 1. The maximum absolute atomic E-state index is 12.3. The summed E-state index contributed by atoms with van der Waals surface area (Å²) in [4.78, 5) is 36.4. The van der Waals surface area contributed by atoms with Crippen LogP contribution in [0, 0.1) is 0 Å². The fourth-order valence-electron chi connectivity index (χ4n) is 2.36. The summed E-state index contributed by atoms with van der Waals surface area (Å²) in [5, 5.41) is 14.5. The summed E-state index contributed by atoms with van der Waals surface area (Å²) in [6.07, 6.45) is 1.15. The second-order valence-corrected chi connectivity index (χ2v) is 5.11. The number of benzene rings is 1. The average molecular weight is 305 g/mol. The van der Waals surface area contributed by atoms with E-state index in [2.05, 4.69) is 10.6 Å². The minimum absolute atomic E-state index is 0.0664. The van der Waals surface area contributed by atoms with Gasteiger partial charge in [-0.05, 0) is 18.6 Å². The highest BCUT2D eigenvalue weighted by atomic mass is 16.4. The molecule has 22 heavy (non-hydrogen) atoms. The largest absolute Gasteiger partial charge is 0.480 e. The molecule has 0 radical (unpaired) electrons. The molecule has 1 aromatic carbocycles. The quantitative estimate of drug-likeness (QED) is 0.722. The van der Waals surface area contributed by atoms with Gasteiger partial charge in [0.05, 0.1) is 17.9 Å². The SMILES string of the molecule is CCCC(NCC(=O)N1CC(=O)Nc2ccccc21)C(=O)O. The van der Waals surface area contributed by atoms with Gasteiger partial charge in [-0.15, -0.1) is 0 Å². The zero-order chi connectivity index (χ0) is 16.1. The lowest BCUT2D eigenvalue weighted by atomic mass is 10.1. The van der Waals surface area contributed by atoms with Crippen molar-refractivity contribution in [2.75, 3.05) is 23.3 Å². The average Bonchev–Trinajstić information content (AvgIpc) is 2.49. The molecular formula is C15H19N3O4. The third kappa shape index (κ3) is 3.62.